The Morgan fingerprint density at radius 1 is 1.09 bits per heavy atom. The van der Waals surface area contributed by atoms with Gasteiger partial charge < -0.3 is 4.90 Å². The molecular formula is C13H16F6N2O. The van der Waals surface area contributed by atoms with Crippen molar-refractivity contribution in [1.82, 2.24) is 9.80 Å². The van der Waals surface area contributed by atoms with Gasteiger partial charge in [-0.3, -0.25) is 9.69 Å². The van der Waals surface area contributed by atoms with Gasteiger partial charge in [0.1, 0.15) is 0 Å². The summed E-state index contributed by atoms with van der Waals surface area (Å²) in [5.41, 5.74) is -3.68. The zero-order chi connectivity index (χ0) is 16.3. The van der Waals surface area contributed by atoms with Crippen LogP contribution in [-0.4, -0.2) is 53.9 Å². The lowest BCUT2D eigenvalue weighted by atomic mass is 9.85. The van der Waals surface area contributed by atoms with Crippen molar-refractivity contribution in [2.24, 2.45) is 11.3 Å². The lowest BCUT2D eigenvalue weighted by Gasteiger charge is -2.45. The molecule has 0 aromatic heterocycles. The first-order chi connectivity index (χ1) is 10.1. The van der Waals surface area contributed by atoms with E-state index in [0.717, 1.165) is 24.2 Å². The number of amides is 1. The van der Waals surface area contributed by atoms with Crippen LogP contribution in [0.15, 0.2) is 0 Å². The van der Waals surface area contributed by atoms with E-state index in [9.17, 15) is 31.1 Å². The van der Waals surface area contributed by atoms with E-state index in [1.54, 1.807) is 0 Å². The van der Waals surface area contributed by atoms with Gasteiger partial charge >= 0.3 is 12.4 Å². The third-order valence-electron chi connectivity index (χ3n) is 5.27. The lowest BCUT2D eigenvalue weighted by molar-refractivity contribution is -0.335. The highest BCUT2D eigenvalue weighted by Crippen LogP contribution is 2.55. The molecule has 3 fully saturated rings. The molecule has 1 amide bonds. The number of carbonyl (C=O) groups excluding carboxylic acids is 1. The summed E-state index contributed by atoms with van der Waals surface area (Å²) in [4.78, 5) is 14.4. The molecule has 2 atom stereocenters. The highest BCUT2D eigenvalue weighted by molar-refractivity contribution is 5.86. The van der Waals surface area contributed by atoms with Gasteiger partial charge in [0.25, 0.3) is 0 Å². The van der Waals surface area contributed by atoms with Gasteiger partial charge in [0.15, 0.2) is 5.41 Å². The number of hydrogen-bond donors (Lipinski definition) is 0. The lowest BCUT2D eigenvalue weighted by Crippen LogP contribution is -2.61. The van der Waals surface area contributed by atoms with Crippen LogP contribution in [0.5, 0.6) is 0 Å². The second kappa shape index (κ2) is 4.75. The van der Waals surface area contributed by atoms with E-state index in [2.05, 4.69) is 0 Å². The molecule has 126 valence electrons. The van der Waals surface area contributed by atoms with Gasteiger partial charge in [0.05, 0.1) is 12.6 Å². The van der Waals surface area contributed by atoms with Crippen LogP contribution in [0.1, 0.15) is 25.7 Å². The quantitative estimate of drug-likeness (QED) is 0.574. The first-order valence-corrected chi connectivity index (χ1v) is 7.23. The van der Waals surface area contributed by atoms with Gasteiger partial charge in [-0.2, -0.15) is 26.3 Å². The van der Waals surface area contributed by atoms with Crippen LogP contribution in [0.2, 0.25) is 0 Å². The van der Waals surface area contributed by atoms with E-state index in [1.807, 2.05) is 0 Å². The average molecular weight is 330 g/mol. The highest BCUT2D eigenvalue weighted by atomic mass is 19.4. The number of carbonyl (C=O) groups is 1. The second-order valence-corrected chi connectivity index (χ2v) is 6.43. The van der Waals surface area contributed by atoms with Crippen molar-refractivity contribution in [3.05, 3.63) is 0 Å². The van der Waals surface area contributed by atoms with Crippen molar-refractivity contribution >= 4 is 5.91 Å². The van der Waals surface area contributed by atoms with Crippen LogP contribution in [0.4, 0.5) is 26.3 Å². The summed E-state index contributed by atoms with van der Waals surface area (Å²) in [6, 6.07) is -0.000673. The zero-order valence-corrected chi connectivity index (χ0v) is 11.7. The topological polar surface area (TPSA) is 23.6 Å². The Kier molecular flexibility index (Phi) is 3.43. The maximum absolute atomic E-state index is 13.0. The van der Waals surface area contributed by atoms with Crippen LogP contribution < -0.4 is 0 Å². The van der Waals surface area contributed by atoms with Crippen molar-refractivity contribution in [3.63, 3.8) is 0 Å². The largest absolute Gasteiger partial charge is 0.404 e. The minimum atomic E-state index is -5.34. The SMILES string of the molecule is O=C1[C@H]2CCC[C@@H]2N1CN1CCC(C(F)(F)F)(C(F)(F)F)C1. The molecule has 2 saturated heterocycles. The average Bonchev–Trinajstić information content (AvgIpc) is 2.99. The van der Waals surface area contributed by atoms with E-state index in [4.69, 9.17) is 0 Å². The summed E-state index contributed by atoms with van der Waals surface area (Å²) < 4.78 is 77.9. The summed E-state index contributed by atoms with van der Waals surface area (Å²) in [5.74, 6) is -0.211. The molecule has 0 radical (unpaired) electrons. The molecule has 2 heterocycles. The van der Waals surface area contributed by atoms with E-state index in [-0.39, 0.29) is 31.1 Å². The Balaban J connectivity index is 1.70. The van der Waals surface area contributed by atoms with E-state index in [0.29, 0.717) is 0 Å². The van der Waals surface area contributed by atoms with Gasteiger partial charge in [-0.05, 0) is 19.3 Å². The Labute approximate surface area is 123 Å². The number of alkyl halides is 6. The fraction of sp³-hybridized carbons (Fsp3) is 0.923. The molecule has 3 nitrogen and oxygen atoms in total. The summed E-state index contributed by atoms with van der Waals surface area (Å²) in [6.45, 7) is -1.56. The maximum atomic E-state index is 13.0. The van der Waals surface area contributed by atoms with Crippen LogP contribution >= 0.6 is 0 Å². The van der Waals surface area contributed by atoms with E-state index < -0.39 is 30.7 Å². The molecule has 0 spiro atoms. The van der Waals surface area contributed by atoms with Gasteiger partial charge in [-0.25, -0.2) is 0 Å². The molecule has 3 rings (SSSR count). The Morgan fingerprint density at radius 3 is 2.27 bits per heavy atom. The minimum Gasteiger partial charge on any atom is -0.326 e. The molecule has 0 aromatic rings. The van der Waals surface area contributed by atoms with Crippen LogP contribution in [0, 0.1) is 11.3 Å². The summed E-state index contributed by atoms with van der Waals surface area (Å²) in [5, 5.41) is 0. The second-order valence-electron chi connectivity index (χ2n) is 6.43. The fourth-order valence-electron chi connectivity index (χ4n) is 3.92. The van der Waals surface area contributed by atoms with Gasteiger partial charge in [0.2, 0.25) is 5.91 Å². The smallest absolute Gasteiger partial charge is 0.326 e. The third kappa shape index (κ3) is 2.11. The summed E-state index contributed by atoms with van der Waals surface area (Å²) >= 11 is 0. The molecule has 0 bridgehead atoms. The monoisotopic (exact) mass is 330 g/mol. The molecule has 0 N–H and O–H groups in total. The number of halogens is 6. The standard InChI is InChI=1S/C13H16F6N2O/c14-12(15,16)11(13(17,18)19)4-5-20(6-11)7-21-9-3-1-2-8(9)10(21)22/h8-9H,1-7H2/t8-,9-/m0/s1. The number of likely N-dealkylation sites (tertiary alicyclic amines) is 2. The number of β-lactam (4-membered cyclic amide) rings is 1. The molecular weight excluding hydrogens is 314 g/mol. The Bertz CT molecular complexity index is 460. The predicted molar refractivity (Wildman–Crippen MR) is 63.6 cm³/mol. The Morgan fingerprint density at radius 2 is 1.73 bits per heavy atom. The van der Waals surface area contributed by atoms with Crippen molar-refractivity contribution in [1.29, 1.82) is 0 Å². The van der Waals surface area contributed by atoms with Crippen LogP contribution in [0.25, 0.3) is 0 Å². The number of hydrogen-bond acceptors (Lipinski definition) is 2. The van der Waals surface area contributed by atoms with Gasteiger partial charge in [0, 0.05) is 19.1 Å². The molecule has 0 aromatic carbocycles. The molecule has 3 aliphatic rings. The fourth-order valence-corrected chi connectivity index (χ4v) is 3.92. The predicted octanol–water partition coefficient (Wildman–Crippen LogP) is 2.77. The van der Waals surface area contributed by atoms with Gasteiger partial charge in [-0.15, -0.1) is 0 Å². The molecule has 9 heteroatoms. The molecule has 0 unspecified atom stereocenters. The molecule has 2 aliphatic heterocycles. The molecule has 1 saturated carbocycles. The first kappa shape index (κ1) is 15.9. The van der Waals surface area contributed by atoms with Crippen molar-refractivity contribution in [3.8, 4) is 0 Å². The number of rotatable bonds is 2. The van der Waals surface area contributed by atoms with E-state index in [1.165, 1.54) is 4.90 Å². The highest BCUT2D eigenvalue weighted by Gasteiger charge is 2.72. The van der Waals surface area contributed by atoms with E-state index >= 15 is 0 Å². The molecule has 22 heavy (non-hydrogen) atoms. The van der Waals surface area contributed by atoms with Crippen molar-refractivity contribution in [2.75, 3.05) is 19.8 Å². The molecule has 1 aliphatic carbocycles. The summed E-state index contributed by atoms with van der Waals surface area (Å²) in [7, 11) is 0. The van der Waals surface area contributed by atoms with Crippen molar-refractivity contribution in [2.45, 2.75) is 44.1 Å². The van der Waals surface area contributed by atoms with Gasteiger partial charge in [-0.1, -0.05) is 6.42 Å². The first-order valence-electron chi connectivity index (χ1n) is 7.23. The van der Waals surface area contributed by atoms with Crippen LogP contribution in [-0.2, 0) is 4.79 Å². The van der Waals surface area contributed by atoms with Crippen LogP contribution in [0.3, 0.4) is 0 Å². The number of fused-ring (bicyclic) bond motifs is 1. The maximum Gasteiger partial charge on any atom is 0.404 e. The Hall–Kier alpha value is -0.990. The number of nitrogens with zero attached hydrogens (tertiary/aromatic N) is 2. The summed E-state index contributed by atoms with van der Waals surface area (Å²) in [6.07, 6.45) is -9.24. The minimum absolute atomic E-state index is 0.000673. The van der Waals surface area contributed by atoms with Crippen molar-refractivity contribution < 1.29 is 31.1 Å². The third-order valence-corrected chi connectivity index (χ3v) is 5.27. The normalized spacial score (nSPS) is 32.3. The zero-order valence-electron chi connectivity index (χ0n) is 11.7.